The van der Waals surface area contributed by atoms with Crippen LogP contribution in [0.1, 0.15) is 11.9 Å². The number of anilines is 1. The predicted molar refractivity (Wildman–Crippen MR) is 100 cm³/mol. The van der Waals surface area contributed by atoms with Gasteiger partial charge in [-0.15, -0.1) is 11.3 Å². The van der Waals surface area contributed by atoms with E-state index in [1.165, 1.54) is 0 Å². The molecule has 0 aliphatic carbocycles. The highest BCUT2D eigenvalue weighted by Gasteiger charge is 2.18. The third-order valence-corrected chi connectivity index (χ3v) is 6.57. The second kappa shape index (κ2) is 7.24. The molecule has 9 heteroatoms. The molecule has 0 aliphatic rings. The van der Waals surface area contributed by atoms with Gasteiger partial charge in [-0.05, 0) is 23.6 Å². The van der Waals surface area contributed by atoms with Gasteiger partial charge in [0.25, 0.3) is 10.0 Å². The highest BCUT2D eigenvalue weighted by molar-refractivity contribution is 9.09. The van der Waals surface area contributed by atoms with Gasteiger partial charge in [0.05, 0.1) is 16.9 Å². The number of aliphatic hydroxyl groups is 1. The summed E-state index contributed by atoms with van der Waals surface area (Å²) in [5.74, 6) is 0. The van der Waals surface area contributed by atoms with Crippen molar-refractivity contribution < 1.29 is 13.5 Å². The number of nitrogens with one attached hydrogen (secondary N) is 3. The topological polar surface area (TPSA) is 94.2 Å². The fraction of sp³-hybridized carbons (Fsp3) is 0.200. The van der Waals surface area contributed by atoms with Crippen molar-refractivity contribution >= 4 is 53.9 Å². The van der Waals surface area contributed by atoms with Crippen LogP contribution in [-0.4, -0.2) is 30.4 Å². The predicted octanol–water partition coefficient (Wildman–Crippen LogP) is 3.01. The van der Waals surface area contributed by atoms with Gasteiger partial charge in [-0.25, -0.2) is 8.42 Å². The van der Waals surface area contributed by atoms with Crippen molar-refractivity contribution in [2.24, 2.45) is 0 Å². The Hall–Kier alpha value is -1.39. The average molecular weight is 430 g/mol. The molecule has 1 unspecified atom stereocenters. The van der Waals surface area contributed by atoms with Gasteiger partial charge >= 0.3 is 0 Å². The van der Waals surface area contributed by atoms with E-state index in [4.69, 9.17) is 0 Å². The largest absolute Gasteiger partial charge is 0.373 e. The van der Waals surface area contributed by atoms with Crippen molar-refractivity contribution in [3.63, 3.8) is 0 Å². The SMILES string of the molecule is O=S(=O)(Nc1cccc2cc(C(O)NCCBr)[nH]c12)c1cccs1. The molecule has 6 nitrogen and oxygen atoms in total. The van der Waals surface area contributed by atoms with Crippen LogP contribution in [0.3, 0.4) is 0 Å². The number of rotatable bonds is 7. The van der Waals surface area contributed by atoms with Gasteiger partial charge in [-0.3, -0.25) is 10.0 Å². The Morgan fingerprint density at radius 2 is 2.12 bits per heavy atom. The summed E-state index contributed by atoms with van der Waals surface area (Å²) in [6.45, 7) is 0.606. The van der Waals surface area contributed by atoms with Crippen LogP contribution in [0.4, 0.5) is 5.69 Å². The standard InChI is InChI=1S/C15H16BrN3O3S2/c16-6-7-17-15(20)12-9-10-3-1-4-11(14(10)18-12)19-24(21,22)13-5-2-8-23-13/h1-5,8-9,15,17-20H,6-7H2. The molecule has 2 heterocycles. The summed E-state index contributed by atoms with van der Waals surface area (Å²) in [5.41, 5.74) is 1.65. The van der Waals surface area contributed by atoms with Gasteiger partial charge < -0.3 is 10.1 Å². The summed E-state index contributed by atoms with van der Waals surface area (Å²) < 4.78 is 27.7. The number of aromatic nitrogens is 1. The Morgan fingerprint density at radius 1 is 1.29 bits per heavy atom. The summed E-state index contributed by atoms with van der Waals surface area (Å²) in [6, 6.07) is 10.4. The van der Waals surface area contributed by atoms with Crippen molar-refractivity contribution in [1.29, 1.82) is 0 Å². The van der Waals surface area contributed by atoms with E-state index in [1.54, 1.807) is 35.7 Å². The van der Waals surface area contributed by atoms with E-state index in [2.05, 4.69) is 31.0 Å². The molecule has 0 aliphatic heterocycles. The van der Waals surface area contributed by atoms with E-state index < -0.39 is 16.3 Å². The summed E-state index contributed by atoms with van der Waals surface area (Å²) in [7, 11) is -3.62. The van der Waals surface area contributed by atoms with Crippen molar-refractivity contribution in [3.05, 3.63) is 47.5 Å². The molecule has 4 N–H and O–H groups in total. The van der Waals surface area contributed by atoms with E-state index in [0.29, 0.717) is 23.4 Å². The molecule has 0 saturated heterocycles. The molecule has 2 aromatic heterocycles. The molecule has 3 rings (SSSR count). The Bertz CT molecular complexity index is 923. The Morgan fingerprint density at radius 3 is 2.83 bits per heavy atom. The van der Waals surface area contributed by atoms with Gasteiger partial charge in [0, 0.05) is 17.3 Å². The number of para-hydroxylation sites is 1. The molecule has 0 spiro atoms. The zero-order valence-corrected chi connectivity index (χ0v) is 15.7. The number of sulfonamides is 1. The minimum atomic E-state index is -3.62. The summed E-state index contributed by atoms with van der Waals surface area (Å²) >= 11 is 4.45. The lowest BCUT2D eigenvalue weighted by molar-refractivity contribution is 0.138. The quantitative estimate of drug-likeness (QED) is 0.343. The van der Waals surface area contributed by atoms with Crippen LogP contribution in [0, 0.1) is 0 Å². The Kier molecular flexibility index (Phi) is 5.26. The number of H-pyrrole nitrogens is 1. The van der Waals surface area contributed by atoms with Crippen LogP contribution in [-0.2, 0) is 10.0 Å². The average Bonchev–Trinajstić information content (AvgIpc) is 3.22. The third-order valence-electron chi connectivity index (χ3n) is 3.41. The van der Waals surface area contributed by atoms with Gasteiger partial charge in [-0.1, -0.05) is 34.1 Å². The number of hydrogen-bond acceptors (Lipinski definition) is 5. The summed E-state index contributed by atoms with van der Waals surface area (Å²) in [5, 5.41) is 16.3. The first kappa shape index (κ1) is 17.4. The number of halogens is 1. The minimum Gasteiger partial charge on any atom is -0.373 e. The van der Waals surface area contributed by atoms with Gasteiger partial charge in [0.1, 0.15) is 10.4 Å². The first-order chi connectivity index (χ1) is 11.5. The number of alkyl halides is 1. The molecule has 0 bridgehead atoms. The molecular formula is C15H16BrN3O3S2. The Balaban J connectivity index is 1.93. The van der Waals surface area contributed by atoms with E-state index in [9.17, 15) is 13.5 Å². The zero-order valence-electron chi connectivity index (χ0n) is 12.5. The number of thiophene rings is 1. The second-order valence-corrected chi connectivity index (χ2v) is 8.73. The number of aliphatic hydroxyl groups excluding tert-OH is 1. The van der Waals surface area contributed by atoms with Crippen LogP contribution in [0.15, 0.2) is 46.0 Å². The van der Waals surface area contributed by atoms with Crippen LogP contribution in [0.25, 0.3) is 10.9 Å². The molecule has 0 radical (unpaired) electrons. The van der Waals surface area contributed by atoms with E-state index in [1.807, 2.05) is 6.07 Å². The van der Waals surface area contributed by atoms with E-state index in [-0.39, 0.29) is 4.21 Å². The van der Waals surface area contributed by atoms with Gasteiger partial charge in [-0.2, -0.15) is 0 Å². The Labute approximate surface area is 152 Å². The zero-order chi connectivity index (χ0) is 17.2. The second-order valence-electron chi connectivity index (χ2n) is 5.08. The van der Waals surface area contributed by atoms with Crippen LogP contribution in [0.5, 0.6) is 0 Å². The molecule has 1 aromatic carbocycles. The van der Waals surface area contributed by atoms with Crippen molar-refractivity contribution in [2.75, 3.05) is 16.6 Å². The number of fused-ring (bicyclic) bond motifs is 1. The molecule has 128 valence electrons. The van der Waals surface area contributed by atoms with E-state index >= 15 is 0 Å². The molecule has 0 saturated carbocycles. The van der Waals surface area contributed by atoms with E-state index in [0.717, 1.165) is 22.1 Å². The third kappa shape index (κ3) is 3.65. The lowest BCUT2D eigenvalue weighted by atomic mass is 10.2. The first-order valence-electron chi connectivity index (χ1n) is 7.16. The number of benzene rings is 1. The monoisotopic (exact) mass is 429 g/mol. The highest BCUT2D eigenvalue weighted by atomic mass is 79.9. The maximum Gasteiger partial charge on any atom is 0.271 e. The van der Waals surface area contributed by atoms with Gasteiger partial charge in [0.15, 0.2) is 0 Å². The van der Waals surface area contributed by atoms with Crippen molar-refractivity contribution in [1.82, 2.24) is 10.3 Å². The molecule has 3 aromatic rings. The first-order valence-corrected chi connectivity index (χ1v) is 10.6. The highest BCUT2D eigenvalue weighted by Crippen LogP contribution is 2.28. The lowest BCUT2D eigenvalue weighted by Crippen LogP contribution is -2.22. The summed E-state index contributed by atoms with van der Waals surface area (Å²) in [4.78, 5) is 3.09. The fourth-order valence-corrected chi connectivity index (χ4v) is 4.62. The maximum absolute atomic E-state index is 12.4. The maximum atomic E-state index is 12.4. The van der Waals surface area contributed by atoms with Crippen LogP contribution in [0.2, 0.25) is 0 Å². The summed E-state index contributed by atoms with van der Waals surface area (Å²) in [6.07, 6.45) is -0.850. The molecule has 0 amide bonds. The smallest absolute Gasteiger partial charge is 0.271 e. The normalized spacial score (nSPS) is 13.2. The van der Waals surface area contributed by atoms with Crippen molar-refractivity contribution in [2.45, 2.75) is 10.4 Å². The fourth-order valence-electron chi connectivity index (χ4n) is 2.32. The number of hydrogen-bond donors (Lipinski definition) is 4. The molecular weight excluding hydrogens is 414 g/mol. The minimum absolute atomic E-state index is 0.255. The van der Waals surface area contributed by atoms with Crippen LogP contribution >= 0.6 is 27.3 Å². The molecule has 24 heavy (non-hydrogen) atoms. The van der Waals surface area contributed by atoms with Gasteiger partial charge in [0.2, 0.25) is 0 Å². The molecule has 0 fully saturated rings. The molecule has 1 atom stereocenters. The lowest BCUT2D eigenvalue weighted by Gasteiger charge is -2.10. The van der Waals surface area contributed by atoms with Crippen LogP contribution < -0.4 is 10.0 Å². The number of aromatic amines is 1. The van der Waals surface area contributed by atoms with Crippen molar-refractivity contribution in [3.8, 4) is 0 Å².